The summed E-state index contributed by atoms with van der Waals surface area (Å²) in [6, 6.07) is 3.28. The van der Waals surface area contributed by atoms with Crippen LogP contribution in [0.25, 0.3) is 0 Å². The third kappa shape index (κ3) is 4.64. The van der Waals surface area contributed by atoms with E-state index < -0.39 is 9.84 Å². The van der Waals surface area contributed by atoms with Crippen molar-refractivity contribution >= 4 is 21.3 Å². The Kier molecular flexibility index (Phi) is 3.52. The van der Waals surface area contributed by atoms with E-state index in [1.165, 1.54) is 6.26 Å². The summed E-state index contributed by atoms with van der Waals surface area (Å²) in [6.07, 6.45) is 2.79. The average molecular weight is 229 g/mol. The van der Waals surface area contributed by atoms with Crippen molar-refractivity contribution in [2.24, 2.45) is 0 Å². The number of anilines is 2. The minimum absolute atomic E-state index is 0.0946. The van der Waals surface area contributed by atoms with Gasteiger partial charge in [-0.1, -0.05) is 0 Å². The Labute approximate surface area is 89.6 Å². The number of nitrogens with two attached hydrogens (primary N) is 1. The topological polar surface area (TPSA) is 85.1 Å². The van der Waals surface area contributed by atoms with Gasteiger partial charge in [-0.25, -0.2) is 13.4 Å². The van der Waals surface area contributed by atoms with Gasteiger partial charge in [0.25, 0.3) is 0 Å². The van der Waals surface area contributed by atoms with Crippen LogP contribution in [0.2, 0.25) is 0 Å². The van der Waals surface area contributed by atoms with Crippen LogP contribution in [0, 0.1) is 0 Å². The molecule has 1 heterocycles. The molecule has 0 fully saturated rings. The van der Waals surface area contributed by atoms with Crippen LogP contribution in [0.15, 0.2) is 18.3 Å². The number of nitrogens with one attached hydrogen (secondary N) is 1. The molecule has 0 saturated carbocycles. The lowest BCUT2D eigenvalue weighted by atomic mass is 10.3. The standard InChI is InChI=1S/C9H15N3O2S/c1-7(6-15(2,13)14)12-8-3-4-9(10)11-5-8/h3-5,7,12H,6H2,1-2H3,(H2,10,11). The van der Waals surface area contributed by atoms with Crippen LogP contribution in [-0.2, 0) is 9.84 Å². The van der Waals surface area contributed by atoms with Gasteiger partial charge in [0.05, 0.1) is 17.6 Å². The molecule has 0 aliphatic carbocycles. The number of hydrogen-bond acceptors (Lipinski definition) is 5. The van der Waals surface area contributed by atoms with Crippen molar-refractivity contribution in [1.29, 1.82) is 0 Å². The lowest BCUT2D eigenvalue weighted by Gasteiger charge is -2.13. The molecule has 84 valence electrons. The normalized spacial score (nSPS) is 13.5. The van der Waals surface area contributed by atoms with Crippen LogP contribution < -0.4 is 11.1 Å². The van der Waals surface area contributed by atoms with Gasteiger partial charge >= 0.3 is 0 Å². The van der Waals surface area contributed by atoms with Crippen molar-refractivity contribution in [3.63, 3.8) is 0 Å². The summed E-state index contributed by atoms with van der Waals surface area (Å²) in [5.41, 5.74) is 6.19. The average Bonchev–Trinajstić information content (AvgIpc) is 2.05. The van der Waals surface area contributed by atoms with Gasteiger partial charge in [-0.15, -0.1) is 0 Å². The first-order valence-corrected chi connectivity index (χ1v) is 6.58. The Morgan fingerprint density at radius 3 is 2.67 bits per heavy atom. The van der Waals surface area contributed by atoms with Crippen molar-refractivity contribution in [2.75, 3.05) is 23.1 Å². The van der Waals surface area contributed by atoms with Crippen LogP contribution in [0.5, 0.6) is 0 Å². The molecular formula is C9H15N3O2S. The summed E-state index contributed by atoms with van der Waals surface area (Å²) in [7, 11) is -2.96. The van der Waals surface area contributed by atoms with E-state index in [-0.39, 0.29) is 11.8 Å². The molecular weight excluding hydrogens is 214 g/mol. The van der Waals surface area contributed by atoms with Crippen molar-refractivity contribution in [2.45, 2.75) is 13.0 Å². The summed E-state index contributed by atoms with van der Waals surface area (Å²) in [4.78, 5) is 3.89. The van der Waals surface area contributed by atoms with Crippen LogP contribution in [0.4, 0.5) is 11.5 Å². The van der Waals surface area contributed by atoms with Crippen LogP contribution in [0.1, 0.15) is 6.92 Å². The Hall–Kier alpha value is -1.30. The second-order valence-electron chi connectivity index (χ2n) is 3.61. The number of sulfone groups is 1. The zero-order valence-corrected chi connectivity index (χ0v) is 9.58. The number of rotatable bonds is 4. The molecule has 1 atom stereocenters. The largest absolute Gasteiger partial charge is 0.384 e. The quantitative estimate of drug-likeness (QED) is 0.785. The molecule has 0 amide bonds. The molecule has 1 rings (SSSR count). The molecule has 6 heteroatoms. The summed E-state index contributed by atoms with van der Waals surface area (Å²) >= 11 is 0. The first kappa shape index (κ1) is 11.8. The molecule has 5 nitrogen and oxygen atoms in total. The Bertz CT molecular complexity index is 413. The van der Waals surface area contributed by atoms with E-state index in [1.54, 1.807) is 25.3 Å². The summed E-state index contributed by atoms with van der Waals surface area (Å²) in [5.74, 6) is 0.536. The van der Waals surface area contributed by atoms with Crippen LogP contribution in [-0.4, -0.2) is 31.5 Å². The van der Waals surface area contributed by atoms with Gasteiger partial charge < -0.3 is 11.1 Å². The second kappa shape index (κ2) is 4.48. The first-order valence-electron chi connectivity index (χ1n) is 4.52. The number of aromatic nitrogens is 1. The third-order valence-corrected chi connectivity index (χ3v) is 2.86. The van der Waals surface area contributed by atoms with Crippen LogP contribution in [0.3, 0.4) is 0 Å². The molecule has 15 heavy (non-hydrogen) atoms. The van der Waals surface area contributed by atoms with Crippen LogP contribution >= 0.6 is 0 Å². The summed E-state index contributed by atoms with van der Waals surface area (Å²) in [6.45, 7) is 1.80. The fourth-order valence-electron chi connectivity index (χ4n) is 1.27. The molecule has 3 N–H and O–H groups in total. The Balaban J connectivity index is 2.59. The zero-order valence-electron chi connectivity index (χ0n) is 8.77. The maximum atomic E-state index is 11.0. The zero-order chi connectivity index (χ0) is 11.5. The highest BCUT2D eigenvalue weighted by Gasteiger charge is 2.09. The van der Waals surface area contributed by atoms with Gasteiger partial charge in [-0.05, 0) is 19.1 Å². The highest BCUT2D eigenvalue weighted by atomic mass is 32.2. The van der Waals surface area contributed by atoms with E-state index in [4.69, 9.17) is 5.73 Å². The van der Waals surface area contributed by atoms with E-state index >= 15 is 0 Å². The van der Waals surface area contributed by atoms with E-state index in [0.29, 0.717) is 5.82 Å². The molecule has 0 aliphatic heterocycles. The van der Waals surface area contributed by atoms with E-state index in [1.807, 2.05) is 0 Å². The van der Waals surface area contributed by atoms with Crippen molar-refractivity contribution in [1.82, 2.24) is 4.98 Å². The number of pyridine rings is 1. The highest BCUT2D eigenvalue weighted by molar-refractivity contribution is 7.90. The summed E-state index contributed by atoms with van der Waals surface area (Å²) in [5, 5.41) is 3.03. The van der Waals surface area contributed by atoms with E-state index in [2.05, 4.69) is 10.3 Å². The van der Waals surface area contributed by atoms with Crippen molar-refractivity contribution in [3.05, 3.63) is 18.3 Å². The Morgan fingerprint density at radius 1 is 1.53 bits per heavy atom. The predicted octanol–water partition coefficient (Wildman–Crippen LogP) is 0.509. The first-order chi connectivity index (χ1) is 6.87. The molecule has 0 aromatic carbocycles. The van der Waals surface area contributed by atoms with E-state index in [9.17, 15) is 8.42 Å². The molecule has 0 saturated heterocycles. The van der Waals surface area contributed by atoms with Crippen molar-refractivity contribution in [3.8, 4) is 0 Å². The molecule has 0 bridgehead atoms. The van der Waals surface area contributed by atoms with Gasteiger partial charge in [0, 0.05) is 12.3 Å². The molecule has 0 radical (unpaired) electrons. The van der Waals surface area contributed by atoms with Gasteiger partial charge in [-0.2, -0.15) is 0 Å². The summed E-state index contributed by atoms with van der Waals surface area (Å²) < 4.78 is 22.0. The lowest BCUT2D eigenvalue weighted by Crippen LogP contribution is -2.25. The fraction of sp³-hybridized carbons (Fsp3) is 0.444. The molecule has 0 spiro atoms. The lowest BCUT2D eigenvalue weighted by molar-refractivity contribution is 0.598. The second-order valence-corrected chi connectivity index (χ2v) is 5.79. The van der Waals surface area contributed by atoms with E-state index in [0.717, 1.165) is 5.69 Å². The SMILES string of the molecule is CC(CS(C)(=O)=O)Nc1ccc(N)nc1. The molecule has 1 aromatic rings. The number of hydrogen-bond donors (Lipinski definition) is 2. The molecule has 1 unspecified atom stereocenters. The van der Waals surface area contributed by atoms with Gasteiger partial charge in [0.15, 0.2) is 0 Å². The minimum atomic E-state index is -2.96. The third-order valence-electron chi connectivity index (χ3n) is 1.75. The number of nitrogen functional groups attached to an aromatic ring is 1. The van der Waals surface area contributed by atoms with Gasteiger partial charge in [-0.3, -0.25) is 0 Å². The van der Waals surface area contributed by atoms with Gasteiger partial charge in [0.2, 0.25) is 0 Å². The maximum Gasteiger partial charge on any atom is 0.149 e. The maximum absolute atomic E-state index is 11.0. The monoisotopic (exact) mass is 229 g/mol. The van der Waals surface area contributed by atoms with Gasteiger partial charge in [0.1, 0.15) is 15.7 Å². The Morgan fingerprint density at radius 2 is 2.20 bits per heavy atom. The minimum Gasteiger partial charge on any atom is -0.384 e. The number of nitrogens with zero attached hydrogens (tertiary/aromatic N) is 1. The fourth-order valence-corrected chi connectivity index (χ4v) is 2.26. The highest BCUT2D eigenvalue weighted by Crippen LogP contribution is 2.09. The molecule has 1 aromatic heterocycles. The predicted molar refractivity (Wildman–Crippen MR) is 61.4 cm³/mol. The smallest absolute Gasteiger partial charge is 0.149 e. The van der Waals surface area contributed by atoms with Crippen molar-refractivity contribution < 1.29 is 8.42 Å². The molecule has 0 aliphatic rings.